The molecular formula is C14H13Br2NO3S. The Morgan fingerprint density at radius 3 is 2.38 bits per heavy atom. The number of hydrogen-bond donors (Lipinski definition) is 1. The highest BCUT2D eigenvalue weighted by molar-refractivity contribution is 9.10. The molecule has 0 aliphatic carbocycles. The van der Waals surface area contributed by atoms with Crippen LogP contribution in [0, 0.1) is 6.92 Å². The van der Waals surface area contributed by atoms with E-state index in [1.165, 1.54) is 7.11 Å². The Hall–Kier alpha value is -1.05. The number of anilines is 1. The van der Waals surface area contributed by atoms with Crippen LogP contribution in [0.4, 0.5) is 5.69 Å². The number of aryl methyl sites for hydroxylation is 1. The normalized spacial score (nSPS) is 11.2. The summed E-state index contributed by atoms with van der Waals surface area (Å²) >= 11 is 6.61. The third-order valence-corrected chi connectivity index (χ3v) is 5.79. The van der Waals surface area contributed by atoms with Crippen molar-refractivity contribution in [2.45, 2.75) is 11.8 Å². The van der Waals surface area contributed by atoms with E-state index >= 15 is 0 Å². The van der Waals surface area contributed by atoms with Crippen LogP contribution < -0.4 is 9.46 Å². The van der Waals surface area contributed by atoms with Crippen LogP contribution in [0.25, 0.3) is 0 Å². The SMILES string of the molecule is COc1cc(NS(=O)(=O)c2ccc(C)cc2Br)ccc1Br. The Kier molecular flexibility index (Phi) is 4.95. The van der Waals surface area contributed by atoms with Gasteiger partial charge in [0, 0.05) is 10.5 Å². The Morgan fingerprint density at radius 2 is 1.76 bits per heavy atom. The first-order valence-electron chi connectivity index (χ1n) is 5.96. The first-order chi connectivity index (χ1) is 9.83. The molecular weight excluding hydrogens is 422 g/mol. The van der Waals surface area contributed by atoms with Crippen molar-refractivity contribution in [3.05, 3.63) is 50.9 Å². The van der Waals surface area contributed by atoms with E-state index < -0.39 is 10.0 Å². The summed E-state index contributed by atoms with van der Waals surface area (Å²) in [7, 11) is -2.14. The molecule has 0 aliphatic heterocycles. The lowest BCUT2D eigenvalue weighted by molar-refractivity contribution is 0.412. The maximum Gasteiger partial charge on any atom is 0.263 e. The highest BCUT2D eigenvalue weighted by Gasteiger charge is 2.18. The number of nitrogens with one attached hydrogen (secondary N) is 1. The van der Waals surface area contributed by atoms with Gasteiger partial charge in [-0.1, -0.05) is 6.07 Å². The second kappa shape index (κ2) is 6.37. The molecule has 2 aromatic rings. The smallest absolute Gasteiger partial charge is 0.263 e. The highest BCUT2D eigenvalue weighted by atomic mass is 79.9. The summed E-state index contributed by atoms with van der Waals surface area (Å²) in [5, 5.41) is 0. The van der Waals surface area contributed by atoms with Crippen LogP contribution in [0.1, 0.15) is 5.56 Å². The van der Waals surface area contributed by atoms with Gasteiger partial charge in [0.25, 0.3) is 10.0 Å². The molecule has 0 spiro atoms. The number of hydrogen-bond acceptors (Lipinski definition) is 3. The van der Waals surface area contributed by atoms with Gasteiger partial charge in [0.1, 0.15) is 10.6 Å². The number of halogens is 2. The summed E-state index contributed by atoms with van der Waals surface area (Å²) in [6.45, 7) is 1.90. The zero-order valence-electron chi connectivity index (χ0n) is 11.4. The Bertz CT molecular complexity index is 776. The molecule has 2 aromatic carbocycles. The van der Waals surface area contributed by atoms with Gasteiger partial charge in [0.2, 0.25) is 0 Å². The molecule has 0 atom stereocenters. The van der Waals surface area contributed by atoms with Crippen molar-refractivity contribution in [1.29, 1.82) is 0 Å². The number of sulfonamides is 1. The number of ether oxygens (including phenoxy) is 1. The fourth-order valence-electron chi connectivity index (χ4n) is 1.76. The molecule has 1 N–H and O–H groups in total. The van der Waals surface area contributed by atoms with E-state index in [0.717, 1.165) is 10.0 Å². The van der Waals surface area contributed by atoms with E-state index in [9.17, 15) is 8.42 Å². The number of rotatable bonds is 4. The van der Waals surface area contributed by atoms with Gasteiger partial charge in [0.15, 0.2) is 0 Å². The molecule has 0 saturated carbocycles. The number of benzene rings is 2. The third-order valence-electron chi connectivity index (χ3n) is 2.78. The summed E-state index contributed by atoms with van der Waals surface area (Å²) in [5.74, 6) is 0.554. The van der Waals surface area contributed by atoms with E-state index in [-0.39, 0.29) is 4.90 Å². The van der Waals surface area contributed by atoms with E-state index in [0.29, 0.717) is 15.9 Å². The van der Waals surface area contributed by atoms with Crippen molar-refractivity contribution in [2.75, 3.05) is 11.8 Å². The first-order valence-corrected chi connectivity index (χ1v) is 9.03. The van der Waals surface area contributed by atoms with Crippen LogP contribution in [0.2, 0.25) is 0 Å². The van der Waals surface area contributed by atoms with Crippen LogP contribution in [-0.2, 0) is 10.0 Å². The van der Waals surface area contributed by atoms with Crippen LogP contribution >= 0.6 is 31.9 Å². The Labute approximate surface area is 140 Å². The molecule has 112 valence electrons. The standard InChI is InChI=1S/C14H13Br2NO3S/c1-9-3-6-14(12(16)7-9)21(18,19)17-10-4-5-11(15)13(8-10)20-2/h3-8,17H,1-2H3. The quantitative estimate of drug-likeness (QED) is 0.778. The van der Waals surface area contributed by atoms with Gasteiger partial charge in [-0.15, -0.1) is 0 Å². The molecule has 0 saturated heterocycles. The summed E-state index contributed by atoms with van der Waals surface area (Å²) < 4.78 is 33.8. The largest absolute Gasteiger partial charge is 0.495 e. The lowest BCUT2D eigenvalue weighted by atomic mass is 10.2. The van der Waals surface area contributed by atoms with Crippen molar-refractivity contribution >= 4 is 47.6 Å². The molecule has 0 aliphatic rings. The van der Waals surface area contributed by atoms with E-state index in [1.54, 1.807) is 36.4 Å². The van der Waals surface area contributed by atoms with Gasteiger partial charge in [-0.3, -0.25) is 4.72 Å². The molecule has 0 heterocycles. The molecule has 0 bridgehead atoms. The molecule has 7 heteroatoms. The monoisotopic (exact) mass is 433 g/mol. The highest BCUT2D eigenvalue weighted by Crippen LogP contribution is 2.30. The van der Waals surface area contributed by atoms with Crippen molar-refractivity contribution in [3.8, 4) is 5.75 Å². The summed E-state index contributed by atoms with van der Waals surface area (Å²) in [6.07, 6.45) is 0. The van der Waals surface area contributed by atoms with Crippen LogP contribution in [0.5, 0.6) is 5.75 Å². The fraction of sp³-hybridized carbons (Fsp3) is 0.143. The maximum absolute atomic E-state index is 12.4. The summed E-state index contributed by atoms with van der Waals surface area (Å²) in [4.78, 5) is 0.190. The molecule has 0 unspecified atom stereocenters. The van der Waals surface area contributed by atoms with Crippen LogP contribution in [-0.4, -0.2) is 15.5 Å². The predicted octanol–water partition coefficient (Wildman–Crippen LogP) is 4.33. The average molecular weight is 435 g/mol. The van der Waals surface area contributed by atoms with Crippen LogP contribution in [0.3, 0.4) is 0 Å². The zero-order valence-corrected chi connectivity index (χ0v) is 15.3. The van der Waals surface area contributed by atoms with E-state index in [4.69, 9.17) is 4.74 Å². The lowest BCUT2D eigenvalue weighted by Gasteiger charge is -2.11. The van der Waals surface area contributed by atoms with Gasteiger partial charge in [-0.05, 0) is 68.6 Å². The van der Waals surface area contributed by atoms with Gasteiger partial charge < -0.3 is 4.74 Å². The van der Waals surface area contributed by atoms with Crippen molar-refractivity contribution < 1.29 is 13.2 Å². The fourth-order valence-corrected chi connectivity index (χ4v) is 4.41. The summed E-state index contributed by atoms with van der Waals surface area (Å²) in [5.41, 5.74) is 1.41. The van der Waals surface area contributed by atoms with Crippen molar-refractivity contribution in [3.63, 3.8) is 0 Å². The number of methoxy groups -OCH3 is 1. The third kappa shape index (κ3) is 3.78. The molecule has 0 aromatic heterocycles. The van der Waals surface area contributed by atoms with E-state index in [2.05, 4.69) is 36.6 Å². The zero-order chi connectivity index (χ0) is 15.6. The van der Waals surface area contributed by atoms with Crippen molar-refractivity contribution in [2.24, 2.45) is 0 Å². The minimum absolute atomic E-state index is 0.190. The van der Waals surface area contributed by atoms with Crippen molar-refractivity contribution in [1.82, 2.24) is 0 Å². The second-order valence-electron chi connectivity index (χ2n) is 4.39. The molecule has 4 nitrogen and oxygen atoms in total. The topological polar surface area (TPSA) is 55.4 Å². The lowest BCUT2D eigenvalue weighted by Crippen LogP contribution is -2.13. The maximum atomic E-state index is 12.4. The molecule has 2 rings (SSSR count). The van der Waals surface area contributed by atoms with Gasteiger partial charge in [-0.25, -0.2) is 8.42 Å². The molecule has 21 heavy (non-hydrogen) atoms. The summed E-state index contributed by atoms with van der Waals surface area (Å²) in [6, 6.07) is 10.1. The second-order valence-corrected chi connectivity index (χ2v) is 7.75. The molecule has 0 fully saturated rings. The molecule has 0 radical (unpaired) electrons. The predicted molar refractivity (Wildman–Crippen MR) is 90.4 cm³/mol. The Balaban J connectivity index is 2.37. The first kappa shape index (κ1) is 16.3. The molecule has 0 amide bonds. The van der Waals surface area contributed by atoms with E-state index in [1.807, 2.05) is 6.92 Å². The van der Waals surface area contributed by atoms with Gasteiger partial charge in [-0.2, -0.15) is 0 Å². The minimum Gasteiger partial charge on any atom is -0.495 e. The van der Waals surface area contributed by atoms with Gasteiger partial charge in [0.05, 0.1) is 17.3 Å². The van der Waals surface area contributed by atoms with Crippen LogP contribution in [0.15, 0.2) is 50.2 Å². The van der Waals surface area contributed by atoms with Gasteiger partial charge >= 0.3 is 0 Å². The average Bonchev–Trinajstić information content (AvgIpc) is 2.40. The minimum atomic E-state index is -3.67. The Morgan fingerprint density at radius 1 is 1.05 bits per heavy atom.